The van der Waals surface area contributed by atoms with E-state index in [0.29, 0.717) is 18.3 Å². The minimum absolute atomic E-state index is 0.105. The molecule has 118 valence electrons. The smallest absolute Gasteiger partial charge is 0.217 e. The second kappa shape index (κ2) is 4.57. The van der Waals surface area contributed by atoms with Crippen molar-refractivity contribution in [2.45, 2.75) is 33.1 Å². The van der Waals surface area contributed by atoms with E-state index in [9.17, 15) is 4.79 Å². The zero-order valence-corrected chi connectivity index (χ0v) is 13.7. The number of hydrogen-bond donors (Lipinski definition) is 2. The van der Waals surface area contributed by atoms with Crippen LogP contribution in [-0.4, -0.2) is 15.9 Å². The largest absolute Gasteiger partial charge is 0.370 e. The molecular formula is C19H21N3O. The van der Waals surface area contributed by atoms with Crippen LogP contribution in [0.5, 0.6) is 0 Å². The van der Waals surface area contributed by atoms with Crippen molar-refractivity contribution in [1.29, 1.82) is 0 Å². The van der Waals surface area contributed by atoms with E-state index in [4.69, 9.17) is 5.73 Å². The van der Waals surface area contributed by atoms with E-state index in [1.54, 1.807) is 0 Å². The highest BCUT2D eigenvalue weighted by molar-refractivity contribution is 6.05. The average Bonchev–Trinajstić information content (AvgIpc) is 2.86. The van der Waals surface area contributed by atoms with Crippen LogP contribution in [0.3, 0.4) is 0 Å². The van der Waals surface area contributed by atoms with Gasteiger partial charge in [0.2, 0.25) is 5.91 Å². The molecule has 0 spiro atoms. The highest BCUT2D eigenvalue weighted by Crippen LogP contribution is 2.67. The van der Waals surface area contributed by atoms with Gasteiger partial charge in [0.05, 0.1) is 11.0 Å². The molecule has 3 aromatic rings. The summed E-state index contributed by atoms with van der Waals surface area (Å²) in [6.07, 6.45) is 2.28. The molecule has 23 heavy (non-hydrogen) atoms. The Hall–Kier alpha value is -2.36. The molecule has 0 saturated heterocycles. The predicted molar refractivity (Wildman–Crippen MR) is 92.2 cm³/mol. The van der Waals surface area contributed by atoms with Crippen molar-refractivity contribution >= 4 is 27.7 Å². The van der Waals surface area contributed by atoms with Crippen molar-refractivity contribution in [3.63, 3.8) is 0 Å². The van der Waals surface area contributed by atoms with E-state index in [-0.39, 0.29) is 11.3 Å². The molecule has 0 radical (unpaired) electrons. The molecule has 0 aliphatic heterocycles. The number of pyridine rings is 1. The number of benzene rings is 1. The van der Waals surface area contributed by atoms with Crippen LogP contribution < -0.4 is 5.73 Å². The van der Waals surface area contributed by atoms with Crippen LogP contribution in [0, 0.1) is 18.3 Å². The standard InChI is InChI=1S/C19H21N3O/c1-10-15(16-13(9-14(20)23)19(16,2)3)12-7-6-11-5-4-8-21-17(11)18(12)22-10/h4-8,13,16,22H,9H2,1-3H3,(H2,20,23)/t13-,16-/m0/s1. The summed E-state index contributed by atoms with van der Waals surface area (Å²) in [4.78, 5) is 19.4. The maximum absolute atomic E-state index is 11.4. The van der Waals surface area contributed by atoms with E-state index in [0.717, 1.165) is 16.4 Å². The topological polar surface area (TPSA) is 71.8 Å². The molecule has 4 nitrogen and oxygen atoms in total. The van der Waals surface area contributed by atoms with Gasteiger partial charge in [0, 0.05) is 29.1 Å². The molecule has 0 unspecified atom stereocenters. The Morgan fingerprint density at radius 1 is 1.35 bits per heavy atom. The monoisotopic (exact) mass is 307 g/mol. The van der Waals surface area contributed by atoms with Crippen LogP contribution in [0.1, 0.15) is 37.4 Å². The third kappa shape index (κ3) is 1.97. The number of hydrogen-bond acceptors (Lipinski definition) is 2. The van der Waals surface area contributed by atoms with Gasteiger partial charge in [0.1, 0.15) is 0 Å². The molecule has 1 aromatic carbocycles. The molecule has 1 aliphatic rings. The van der Waals surface area contributed by atoms with Crippen molar-refractivity contribution in [2.75, 3.05) is 0 Å². The molecule has 0 bridgehead atoms. The zero-order chi connectivity index (χ0) is 16.4. The summed E-state index contributed by atoms with van der Waals surface area (Å²) in [6.45, 7) is 6.56. The quantitative estimate of drug-likeness (QED) is 0.775. The molecular weight excluding hydrogens is 286 g/mol. The first-order chi connectivity index (χ1) is 10.9. The number of carbonyl (C=O) groups excluding carboxylic acids is 1. The lowest BCUT2D eigenvalue weighted by atomic mass is 9.99. The second-order valence-corrected chi connectivity index (χ2v) is 7.30. The van der Waals surface area contributed by atoms with Gasteiger partial charge in [-0.15, -0.1) is 0 Å². The zero-order valence-electron chi connectivity index (χ0n) is 13.7. The number of nitrogens with zero attached hydrogens (tertiary/aromatic N) is 1. The molecule has 1 saturated carbocycles. The maximum Gasteiger partial charge on any atom is 0.217 e. The number of rotatable bonds is 3. The van der Waals surface area contributed by atoms with Crippen molar-refractivity contribution in [3.8, 4) is 0 Å². The molecule has 2 heterocycles. The van der Waals surface area contributed by atoms with E-state index >= 15 is 0 Å². The van der Waals surface area contributed by atoms with Gasteiger partial charge in [-0.3, -0.25) is 9.78 Å². The molecule has 1 amide bonds. The first-order valence-electron chi connectivity index (χ1n) is 8.05. The lowest BCUT2D eigenvalue weighted by molar-refractivity contribution is -0.118. The summed E-state index contributed by atoms with van der Waals surface area (Å²) in [6, 6.07) is 8.33. The Labute approximate surface area is 135 Å². The summed E-state index contributed by atoms with van der Waals surface area (Å²) in [5.74, 6) is 0.470. The molecule has 1 aliphatic carbocycles. The SMILES string of the molecule is Cc1[nH]c2c(ccc3cccnc32)c1[C@@H]1[C@H](CC(N)=O)C1(C)C. The number of aromatic amines is 1. The number of nitrogens with one attached hydrogen (secondary N) is 1. The van der Waals surface area contributed by atoms with Gasteiger partial charge < -0.3 is 10.7 Å². The molecule has 3 N–H and O–H groups in total. The van der Waals surface area contributed by atoms with Gasteiger partial charge in [-0.25, -0.2) is 0 Å². The number of nitrogens with two attached hydrogens (primary N) is 1. The number of primary amides is 1. The number of H-pyrrole nitrogens is 1. The summed E-state index contributed by atoms with van der Waals surface area (Å²) < 4.78 is 0. The fourth-order valence-corrected chi connectivity index (χ4v) is 4.27. The number of aryl methyl sites for hydroxylation is 1. The fourth-order valence-electron chi connectivity index (χ4n) is 4.27. The predicted octanol–water partition coefficient (Wildman–Crippen LogP) is 3.64. The number of amides is 1. The van der Waals surface area contributed by atoms with E-state index < -0.39 is 0 Å². The Kier molecular flexibility index (Phi) is 2.83. The highest BCUT2D eigenvalue weighted by Gasteiger charge is 2.59. The van der Waals surface area contributed by atoms with E-state index in [1.807, 2.05) is 12.3 Å². The fraction of sp³-hybridized carbons (Fsp3) is 0.368. The van der Waals surface area contributed by atoms with Crippen LogP contribution in [0.4, 0.5) is 0 Å². The number of aromatic nitrogens is 2. The van der Waals surface area contributed by atoms with E-state index in [1.165, 1.54) is 16.6 Å². The van der Waals surface area contributed by atoms with Crippen LogP contribution in [0.15, 0.2) is 30.5 Å². The highest BCUT2D eigenvalue weighted by atomic mass is 16.1. The Morgan fingerprint density at radius 3 is 2.87 bits per heavy atom. The molecule has 2 atom stereocenters. The van der Waals surface area contributed by atoms with Crippen LogP contribution >= 0.6 is 0 Å². The Balaban J connectivity index is 1.90. The van der Waals surface area contributed by atoms with Crippen molar-refractivity contribution < 1.29 is 4.79 Å². The van der Waals surface area contributed by atoms with Gasteiger partial charge in [0.15, 0.2) is 0 Å². The Bertz CT molecular complexity index is 938. The molecule has 4 heteroatoms. The van der Waals surface area contributed by atoms with Crippen LogP contribution in [-0.2, 0) is 4.79 Å². The summed E-state index contributed by atoms with van der Waals surface area (Å²) in [7, 11) is 0. The van der Waals surface area contributed by atoms with Gasteiger partial charge in [-0.1, -0.05) is 32.0 Å². The third-order valence-corrected chi connectivity index (χ3v) is 5.56. The maximum atomic E-state index is 11.4. The van der Waals surface area contributed by atoms with Gasteiger partial charge in [0.25, 0.3) is 0 Å². The first-order valence-corrected chi connectivity index (χ1v) is 8.05. The van der Waals surface area contributed by atoms with Crippen LogP contribution in [0.25, 0.3) is 21.8 Å². The lowest BCUT2D eigenvalue weighted by Gasteiger charge is -2.04. The number of carbonyl (C=O) groups is 1. The average molecular weight is 307 g/mol. The number of fused-ring (bicyclic) bond motifs is 3. The molecule has 4 rings (SSSR count). The molecule has 2 aromatic heterocycles. The summed E-state index contributed by atoms with van der Waals surface area (Å²) in [5, 5.41) is 2.36. The molecule has 1 fully saturated rings. The summed E-state index contributed by atoms with van der Waals surface area (Å²) in [5.41, 5.74) is 10.1. The van der Waals surface area contributed by atoms with Gasteiger partial charge >= 0.3 is 0 Å². The lowest BCUT2D eigenvalue weighted by Crippen LogP contribution is -2.12. The van der Waals surface area contributed by atoms with Crippen molar-refractivity contribution in [2.24, 2.45) is 17.1 Å². The second-order valence-electron chi connectivity index (χ2n) is 7.30. The minimum atomic E-state index is -0.213. The summed E-state index contributed by atoms with van der Waals surface area (Å²) >= 11 is 0. The van der Waals surface area contributed by atoms with Gasteiger partial charge in [-0.05, 0) is 35.8 Å². The van der Waals surface area contributed by atoms with Crippen molar-refractivity contribution in [1.82, 2.24) is 9.97 Å². The third-order valence-electron chi connectivity index (χ3n) is 5.56. The normalized spacial score (nSPS) is 22.6. The van der Waals surface area contributed by atoms with Crippen LogP contribution in [0.2, 0.25) is 0 Å². The minimum Gasteiger partial charge on any atom is -0.370 e. The van der Waals surface area contributed by atoms with E-state index in [2.05, 4.69) is 48.9 Å². The van der Waals surface area contributed by atoms with Gasteiger partial charge in [-0.2, -0.15) is 0 Å². The first kappa shape index (κ1) is 14.2. The van der Waals surface area contributed by atoms with Crippen molar-refractivity contribution in [3.05, 3.63) is 41.7 Å². The Morgan fingerprint density at radius 2 is 2.13 bits per heavy atom.